The second-order valence-electron chi connectivity index (χ2n) is 3.88. The number of aryl methyl sites for hydroxylation is 1. The Kier molecular flexibility index (Phi) is 1.85. The summed E-state index contributed by atoms with van der Waals surface area (Å²) in [5.41, 5.74) is 5.20. The maximum atomic E-state index is 11.1. The lowest BCUT2D eigenvalue weighted by Gasteiger charge is -2.40. The zero-order valence-corrected chi connectivity index (χ0v) is 7.86. The van der Waals surface area contributed by atoms with Gasteiger partial charge in [0, 0.05) is 12.1 Å². The van der Waals surface area contributed by atoms with Gasteiger partial charge in [-0.25, -0.2) is 0 Å². The van der Waals surface area contributed by atoms with Crippen LogP contribution in [0.1, 0.15) is 24.3 Å². The lowest BCUT2D eigenvalue weighted by Crippen LogP contribution is -2.54. The van der Waals surface area contributed by atoms with E-state index in [-0.39, 0.29) is 6.04 Å². The van der Waals surface area contributed by atoms with Crippen molar-refractivity contribution in [3.63, 3.8) is 0 Å². The van der Waals surface area contributed by atoms with Crippen molar-refractivity contribution in [2.75, 3.05) is 0 Å². The summed E-state index contributed by atoms with van der Waals surface area (Å²) in [6, 6.07) is 1.63. The van der Waals surface area contributed by atoms with E-state index in [1.807, 2.05) is 0 Å². The van der Waals surface area contributed by atoms with Crippen molar-refractivity contribution in [2.45, 2.75) is 31.2 Å². The molecule has 2 rings (SSSR count). The number of nitrogens with two attached hydrogens (primary N) is 1. The van der Waals surface area contributed by atoms with Gasteiger partial charge in [0.15, 0.2) is 0 Å². The van der Waals surface area contributed by atoms with Gasteiger partial charge in [-0.2, -0.15) is 0 Å². The van der Waals surface area contributed by atoms with Crippen molar-refractivity contribution in [1.82, 2.24) is 5.16 Å². The second kappa shape index (κ2) is 2.81. The molecule has 1 aliphatic carbocycles. The maximum absolute atomic E-state index is 11.1. The molecule has 1 fully saturated rings. The fourth-order valence-electron chi connectivity index (χ4n) is 1.92. The van der Waals surface area contributed by atoms with Crippen molar-refractivity contribution in [3.8, 4) is 0 Å². The van der Waals surface area contributed by atoms with E-state index in [4.69, 9.17) is 15.4 Å². The van der Waals surface area contributed by atoms with E-state index in [1.165, 1.54) is 0 Å². The van der Waals surface area contributed by atoms with Gasteiger partial charge in [-0.1, -0.05) is 5.16 Å². The van der Waals surface area contributed by atoms with Crippen LogP contribution in [0.2, 0.25) is 0 Å². The number of aliphatic carboxylic acids is 1. The smallest absolute Gasteiger partial charge is 0.315 e. The van der Waals surface area contributed by atoms with Gasteiger partial charge < -0.3 is 15.4 Å². The highest BCUT2D eigenvalue weighted by atomic mass is 16.5. The van der Waals surface area contributed by atoms with Crippen molar-refractivity contribution < 1.29 is 14.4 Å². The molecule has 0 saturated heterocycles. The van der Waals surface area contributed by atoms with Crippen molar-refractivity contribution >= 4 is 5.97 Å². The van der Waals surface area contributed by atoms with Crippen molar-refractivity contribution in [1.29, 1.82) is 0 Å². The van der Waals surface area contributed by atoms with Gasteiger partial charge in [0.1, 0.15) is 16.9 Å². The second-order valence-corrected chi connectivity index (χ2v) is 3.88. The Morgan fingerprint density at radius 1 is 1.79 bits per heavy atom. The molecule has 0 bridgehead atoms. The molecule has 14 heavy (non-hydrogen) atoms. The van der Waals surface area contributed by atoms with Crippen molar-refractivity contribution in [3.05, 3.63) is 17.5 Å². The van der Waals surface area contributed by atoms with Gasteiger partial charge in [-0.3, -0.25) is 4.79 Å². The Morgan fingerprint density at radius 2 is 2.43 bits per heavy atom. The topological polar surface area (TPSA) is 89.3 Å². The Balaban J connectivity index is 2.34. The summed E-state index contributed by atoms with van der Waals surface area (Å²) in [5, 5.41) is 12.9. The van der Waals surface area contributed by atoms with Crippen LogP contribution in [0.25, 0.3) is 0 Å². The first-order chi connectivity index (χ1) is 6.54. The summed E-state index contributed by atoms with van der Waals surface area (Å²) in [7, 11) is 0. The first-order valence-electron chi connectivity index (χ1n) is 4.47. The minimum Gasteiger partial charge on any atom is -0.481 e. The molecule has 5 nitrogen and oxygen atoms in total. The van der Waals surface area contributed by atoms with E-state index in [0.29, 0.717) is 24.3 Å². The third-order valence-electron chi connectivity index (χ3n) is 2.75. The van der Waals surface area contributed by atoms with Gasteiger partial charge in [0.2, 0.25) is 0 Å². The third-order valence-corrected chi connectivity index (χ3v) is 2.75. The molecule has 5 heteroatoms. The Morgan fingerprint density at radius 3 is 2.79 bits per heavy atom. The Bertz CT molecular complexity index is 366. The fourth-order valence-corrected chi connectivity index (χ4v) is 1.92. The lowest BCUT2D eigenvalue weighted by atomic mass is 9.64. The molecule has 0 atom stereocenters. The van der Waals surface area contributed by atoms with Crippen LogP contribution in [0.5, 0.6) is 0 Å². The zero-order valence-electron chi connectivity index (χ0n) is 7.86. The fraction of sp³-hybridized carbons (Fsp3) is 0.556. The standard InChI is InChI=1S/C9H12N2O3/c1-5-2-7(11-14-5)9(8(12)13)3-6(10)4-9/h2,6H,3-4,10H2,1H3,(H,12,13). The average molecular weight is 196 g/mol. The Hall–Kier alpha value is -1.36. The number of carbonyl (C=O) groups is 1. The van der Waals surface area contributed by atoms with Gasteiger partial charge >= 0.3 is 5.97 Å². The minimum atomic E-state index is -0.906. The molecule has 0 aromatic carbocycles. The maximum Gasteiger partial charge on any atom is 0.315 e. The van der Waals surface area contributed by atoms with Crippen LogP contribution in [0, 0.1) is 6.92 Å². The molecular weight excluding hydrogens is 184 g/mol. The molecule has 1 aliphatic rings. The molecule has 3 N–H and O–H groups in total. The highest BCUT2D eigenvalue weighted by Crippen LogP contribution is 2.42. The number of aromatic nitrogens is 1. The summed E-state index contributed by atoms with van der Waals surface area (Å²) in [4.78, 5) is 11.1. The number of nitrogens with zero attached hydrogens (tertiary/aromatic N) is 1. The quantitative estimate of drug-likeness (QED) is 0.715. The summed E-state index contributed by atoms with van der Waals surface area (Å²) < 4.78 is 4.88. The number of hydrogen-bond donors (Lipinski definition) is 2. The predicted molar refractivity (Wildman–Crippen MR) is 47.8 cm³/mol. The summed E-state index contributed by atoms with van der Waals surface area (Å²) in [5.74, 6) is -0.242. The van der Waals surface area contributed by atoms with Crippen LogP contribution >= 0.6 is 0 Å². The van der Waals surface area contributed by atoms with Crippen LogP contribution in [0.4, 0.5) is 0 Å². The van der Waals surface area contributed by atoms with Gasteiger partial charge in [0.25, 0.3) is 0 Å². The molecule has 0 radical (unpaired) electrons. The zero-order chi connectivity index (χ0) is 10.3. The van der Waals surface area contributed by atoms with E-state index >= 15 is 0 Å². The molecule has 1 aromatic heterocycles. The first kappa shape index (κ1) is 9.21. The normalized spacial score (nSPS) is 31.1. The summed E-state index contributed by atoms with van der Waals surface area (Å²) >= 11 is 0. The van der Waals surface area contributed by atoms with E-state index in [9.17, 15) is 4.79 Å². The molecule has 0 amide bonds. The van der Waals surface area contributed by atoms with Gasteiger partial charge in [-0.15, -0.1) is 0 Å². The van der Waals surface area contributed by atoms with E-state index in [0.717, 1.165) is 0 Å². The number of carboxylic acid groups (broad SMARTS) is 1. The lowest BCUT2D eigenvalue weighted by molar-refractivity contribution is -0.148. The molecule has 1 heterocycles. The average Bonchev–Trinajstić information content (AvgIpc) is 2.45. The molecule has 1 saturated carbocycles. The molecule has 76 valence electrons. The van der Waals surface area contributed by atoms with E-state index < -0.39 is 11.4 Å². The molecule has 0 spiro atoms. The number of rotatable bonds is 2. The highest BCUT2D eigenvalue weighted by molar-refractivity contribution is 5.82. The monoisotopic (exact) mass is 196 g/mol. The van der Waals surface area contributed by atoms with Gasteiger partial charge in [-0.05, 0) is 19.8 Å². The summed E-state index contributed by atoms with van der Waals surface area (Å²) in [6.07, 6.45) is 0.878. The van der Waals surface area contributed by atoms with Crippen molar-refractivity contribution in [2.24, 2.45) is 5.73 Å². The van der Waals surface area contributed by atoms with Crippen LogP contribution in [-0.2, 0) is 10.2 Å². The van der Waals surface area contributed by atoms with Gasteiger partial charge in [0.05, 0.1) is 0 Å². The highest BCUT2D eigenvalue weighted by Gasteiger charge is 2.52. The summed E-state index contributed by atoms with van der Waals surface area (Å²) in [6.45, 7) is 1.74. The number of hydrogen-bond acceptors (Lipinski definition) is 4. The molecule has 0 unspecified atom stereocenters. The van der Waals surface area contributed by atoms with Crippen LogP contribution in [-0.4, -0.2) is 22.3 Å². The van der Waals surface area contributed by atoms with E-state index in [1.54, 1.807) is 13.0 Å². The minimum absolute atomic E-state index is 0.0388. The largest absolute Gasteiger partial charge is 0.481 e. The first-order valence-corrected chi connectivity index (χ1v) is 4.47. The van der Waals surface area contributed by atoms with E-state index in [2.05, 4.69) is 5.16 Å². The van der Waals surface area contributed by atoms with Crippen LogP contribution < -0.4 is 5.73 Å². The third kappa shape index (κ3) is 1.13. The predicted octanol–water partition coefficient (Wildman–Crippen LogP) is 0.427. The molecule has 1 aromatic rings. The van der Waals surface area contributed by atoms with Crippen LogP contribution in [0.15, 0.2) is 10.6 Å². The molecular formula is C9H12N2O3. The van der Waals surface area contributed by atoms with Crippen LogP contribution in [0.3, 0.4) is 0 Å². The SMILES string of the molecule is Cc1cc(C2(C(=O)O)CC(N)C2)no1. The molecule has 0 aliphatic heterocycles. The Labute approximate surface area is 80.9 Å². The number of carboxylic acids is 1.